The number of ether oxygens (including phenoxy) is 4. The van der Waals surface area contributed by atoms with Crippen molar-refractivity contribution in [3.8, 4) is 23.0 Å². The Bertz CT molecular complexity index is 1090. The molecule has 3 aromatic rings. The van der Waals surface area contributed by atoms with Crippen LogP contribution in [0.1, 0.15) is 30.0 Å². The van der Waals surface area contributed by atoms with Gasteiger partial charge in [-0.2, -0.15) is 0 Å². The number of carbonyl (C=O) groups excluding carboxylic acids is 1. The molecule has 0 aromatic heterocycles. The fourth-order valence-corrected chi connectivity index (χ4v) is 4.66. The molecule has 0 aliphatic carbocycles. The van der Waals surface area contributed by atoms with Gasteiger partial charge in [0.15, 0.2) is 0 Å². The second-order valence-electron chi connectivity index (χ2n) is 8.29. The lowest BCUT2D eigenvalue weighted by molar-refractivity contribution is -0.130. The Morgan fingerprint density at radius 2 is 1.38 bits per heavy atom. The summed E-state index contributed by atoms with van der Waals surface area (Å²) in [5.41, 5.74) is 2.95. The van der Waals surface area contributed by atoms with E-state index in [1.807, 2.05) is 42.5 Å². The maximum atomic E-state index is 13.6. The van der Waals surface area contributed by atoms with Gasteiger partial charge in [-0.15, -0.1) is 0 Å². The molecular formula is C28H31NO5. The first-order valence-corrected chi connectivity index (χ1v) is 11.4. The second kappa shape index (κ2) is 10.5. The van der Waals surface area contributed by atoms with Crippen LogP contribution >= 0.6 is 0 Å². The fraction of sp³-hybridized carbons (Fsp3) is 0.321. The summed E-state index contributed by atoms with van der Waals surface area (Å²) in [6, 6.07) is 21.7. The molecule has 0 N–H and O–H groups in total. The highest BCUT2D eigenvalue weighted by Crippen LogP contribution is 2.53. The molecule has 2 atom stereocenters. The standard InChI is InChI=1S/C28H31NO5/c1-31-21-15-13-20(14-16-21)26-23(12-8-11-19-9-6-5-7-10-19)28(30)29(26)27-24(33-3)17-22(32-2)18-25(27)34-4/h5-7,9-10,13-18,23,26H,8,11-12H2,1-4H3/t23-,26-/m1/s1. The van der Waals surface area contributed by atoms with Crippen LogP contribution in [0, 0.1) is 5.92 Å². The van der Waals surface area contributed by atoms with Crippen LogP contribution in [0.2, 0.25) is 0 Å². The zero-order valence-corrected chi connectivity index (χ0v) is 20.1. The molecule has 34 heavy (non-hydrogen) atoms. The van der Waals surface area contributed by atoms with Crippen molar-refractivity contribution in [3.05, 3.63) is 77.9 Å². The predicted octanol–water partition coefficient (Wildman–Crippen LogP) is 5.45. The molecule has 0 radical (unpaired) electrons. The Morgan fingerprint density at radius 1 is 0.765 bits per heavy atom. The van der Waals surface area contributed by atoms with E-state index in [2.05, 4.69) is 12.1 Å². The van der Waals surface area contributed by atoms with E-state index in [9.17, 15) is 4.79 Å². The van der Waals surface area contributed by atoms with Gasteiger partial charge in [0.1, 0.15) is 28.7 Å². The summed E-state index contributed by atoms with van der Waals surface area (Å²) in [5, 5.41) is 0. The fourth-order valence-electron chi connectivity index (χ4n) is 4.66. The Hall–Kier alpha value is -3.67. The summed E-state index contributed by atoms with van der Waals surface area (Å²) in [6.07, 6.45) is 2.66. The first-order valence-electron chi connectivity index (χ1n) is 11.4. The molecule has 0 saturated carbocycles. The first-order chi connectivity index (χ1) is 16.6. The maximum absolute atomic E-state index is 13.6. The number of methoxy groups -OCH3 is 4. The molecule has 6 heteroatoms. The summed E-state index contributed by atoms with van der Waals surface area (Å²) >= 11 is 0. The normalized spacial score (nSPS) is 17.2. The minimum Gasteiger partial charge on any atom is -0.497 e. The summed E-state index contributed by atoms with van der Waals surface area (Å²) in [6.45, 7) is 0. The molecule has 178 valence electrons. The number of carbonyl (C=O) groups is 1. The molecule has 0 bridgehead atoms. The van der Waals surface area contributed by atoms with Crippen molar-refractivity contribution in [2.75, 3.05) is 33.3 Å². The zero-order chi connectivity index (χ0) is 24.1. The minimum absolute atomic E-state index is 0.0654. The van der Waals surface area contributed by atoms with Crippen LogP contribution in [0.4, 0.5) is 5.69 Å². The molecule has 1 aliphatic rings. The molecule has 1 fully saturated rings. The van der Waals surface area contributed by atoms with Gasteiger partial charge < -0.3 is 18.9 Å². The van der Waals surface area contributed by atoms with Crippen LogP contribution < -0.4 is 23.8 Å². The van der Waals surface area contributed by atoms with E-state index in [1.165, 1.54) is 5.56 Å². The van der Waals surface area contributed by atoms with Crippen molar-refractivity contribution in [3.63, 3.8) is 0 Å². The van der Waals surface area contributed by atoms with E-state index >= 15 is 0 Å². The number of hydrogen-bond acceptors (Lipinski definition) is 5. The van der Waals surface area contributed by atoms with E-state index in [-0.39, 0.29) is 17.9 Å². The quantitative estimate of drug-likeness (QED) is 0.376. The Kier molecular flexibility index (Phi) is 7.26. The molecule has 4 rings (SSSR count). The maximum Gasteiger partial charge on any atom is 0.233 e. The third kappa shape index (κ3) is 4.53. The summed E-state index contributed by atoms with van der Waals surface area (Å²) in [5.74, 6) is 2.38. The SMILES string of the molecule is COc1ccc([C@@H]2[C@@H](CCCc3ccccc3)C(=O)N2c2c(OC)cc(OC)cc2OC)cc1. The number of aryl methyl sites for hydroxylation is 1. The number of amides is 1. The number of rotatable bonds is 10. The van der Waals surface area contributed by atoms with Crippen molar-refractivity contribution >= 4 is 11.6 Å². The monoisotopic (exact) mass is 461 g/mol. The van der Waals surface area contributed by atoms with Crippen LogP contribution in [0.5, 0.6) is 23.0 Å². The molecule has 0 unspecified atom stereocenters. The van der Waals surface area contributed by atoms with E-state index < -0.39 is 0 Å². The van der Waals surface area contributed by atoms with Gasteiger partial charge >= 0.3 is 0 Å². The largest absolute Gasteiger partial charge is 0.497 e. The highest BCUT2D eigenvalue weighted by atomic mass is 16.5. The van der Waals surface area contributed by atoms with Gasteiger partial charge in [0.2, 0.25) is 5.91 Å². The highest BCUT2D eigenvalue weighted by molar-refractivity contribution is 6.05. The molecule has 1 aliphatic heterocycles. The lowest BCUT2D eigenvalue weighted by atomic mass is 9.78. The van der Waals surface area contributed by atoms with Gasteiger partial charge in [-0.1, -0.05) is 42.5 Å². The van der Waals surface area contributed by atoms with E-state index in [1.54, 1.807) is 45.5 Å². The molecule has 0 spiro atoms. The topological polar surface area (TPSA) is 57.2 Å². The van der Waals surface area contributed by atoms with Gasteiger partial charge in [-0.3, -0.25) is 9.69 Å². The van der Waals surface area contributed by atoms with Crippen LogP contribution in [0.15, 0.2) is 66.7 Å². The highest BCUT2D eigenvalue weighted by Gasteiger charge is 2.50. The van der Waals surface area contributed by atoms with Crippen molar-refractivity contribution in [1.82, 2.24) is 0 Å². The van der Waals surface area contributed by atoms with Crippen LogP contribution in [0.3, 0.4) is 0 Å². The zero-order valence-electron chi connectivity index (χ0n) is 20.1. The lowest BCUT2D eigenvalue weighted by Gasteiger charge is -2.48. The smallest absolute Gasteiger partial charge is 0.233 e. The van der Waals surface area contributed by atoms with Crippen molar-refractivity contribution < 1.29 is 23.7 Å². The average molecular weight is 462 g/mol. The minimum atomic E-state index is -0.134. The number of hydrogen-bond donors (Lipinski definition) is 0. The van der Waals surface area contributed by atoms with Crippen molar-refractivity contribution in [2.45, 2.75) is 25.3 Å². The number of benzene rings is 3. The van der Waals surface area contributed by atoms with Crippen LogP contribution in [-0.2, 0) is 11.2 Å². The summed E-state index contributed by atoms with van der Waals surface area (Å²) in [4.78, 5) is 15.4. The molecule has 3 aromatic carbocycles. The van der Waals surface area contributed by atoms with Crippen molar-refractivity contribution in [1.29, 1.82) is 0 Å². The first kappa shape index (κ1) is 23.5. The van der Waals surface area contributed by atoms with Gasteiger partial charge in [0.05, 0.1) is 40.4 Å². The van der Waals surface area contributed by atoms with Crippen LogP contribution in [0.25, 0.3) is 0 Å². The predicted molar refractivity (Wildman–Crippen MR) is 132 cm³/mol. The summed E-state index contributed by atoms with van der Waals surface area (Å²) < 4.78 is 22.0. The van der Waals surface area contributed by atoms with Gasteiger partial charge in [-0.25, -0.2) is 0 Å². The number of anilines is 1. The van der Waals surface area contributed by atoms with Crippen molar-refractivity contribution in [2.24, 2.45) is 5.92 Å². The number of nitrogens with zero attached hydrogens (tertiary/aromatic N) is 1. The Labute approximate surface area is 201 Å². The van der Waals surface area contributed by atoms with E-state index in [0.717, 1.165) is 30.6 Å². The van der Waals surface area contributed by atoms with E-state index in [4.69, 9.17) is 18.9 Å². The Morgan fingerprint density at radius 3 is 1.94 bits per heavy atom. The van der Waals surface area contributed by atoms with Gasteiger partial charge in [0, 0.05) is 12.1 Å². The third-order valence-corrected chi connectivity index (χ3v) is 6.42. The van der Waals surface area contributed by atoms with Gasteiger partial charge in [0.25, 0.3) is 0 Å². The third-order valence-electron chi connectivity index (χ3n) is 6.42. The second-order valence-corrected chi connectivity index (χ2v) is 8.29. The van der Waals surface area contributed by atoms with Crippen LogP contribution in [-0.4, -0.2) is 34.3 Å². The molecule has 1 saturated heterocycles. The Balaban J connectivity index is 1.67. The number of β-lactam (4-membered cyclic amide) rings is 1. The molecular weight excluding hydrogens is 430 g/mol. The van der Waals surface area contributed by atoms with E-state index in [0.29, 0.717) is 22.9 Å². The molecule has 1 amide bonds. The van der Waals surface area contributed by atoms with Gasteiger partial charge in [-0.05, 0) is 42.5 Å². The summed E-state index contributed by atoms with van der Waals surface area (Å²) in [7, 11) is 6.41. The molecule has 6 nitrogen and oxygen atoms in total. The average Bonchev–Trinajstić information content (AvgIpc) is 2.89. The molecule has 1 heterocycles. The lowest BCUT2D eigenvalue weighted by Crippen LogP contribution is -2.55.